The van der Waals surface area contributed by atoms with Crippen molar-refractivity contribution >= 4 is 22.5 Å². The number of pyridine rings is 1. The minimum atomic E-state index is -0.0710. The van der Waals surface area contributed by atoms with Crippen molar-refractivity contribution in [2.45, 2.75) is 117 Å². The first-order valence-electron chi connectivity index (χ1n) is 25.9. The Morgan fingerprint density at radius 2 is 1.03 bits per heavy atom. The minimum absolute atomic E-state index is 0.0149. The maximum atomic E-state index is 7.01. The second-order valence-corrected chi connectivity index (χ2v) is 25.1. The Kier molecular flexibility index (Phi) is 13.1. The summed E-state index contributed by atoms with van der Waals surface area (Å²) >= 11 is 2.54. The molecule has 374 valence electrons. The van der Waals surface area contributed by atoms with Gasteiger partial charge in [0.15, 0.2) is 0 Å². The molecule has 1 unspecified atom stereocenters. The predicted octanol–water partition coefficient (Wildman–Crippen LogP) is 17.9. The van der Waals surface area contributed by atoms with Gasteiger partial charge in [-0.1, -0.05) is 80.5 Å². The van der Waals surface area contributed by atoms with Crippen LogP contribution in [0.3, 0.4) is 0 Å². The van der Waals surface area contributed by atoms with E-state index in [1.165, 1.54) is 55.6 Å². The summed E-state index contributed by atoms with van der Waals surface area (Å²) in [7, 11) is 0. The summed E-state index contributed by atoms with van der Waals surface area (Å²) in [5, 5.41) is 0. The van der Waals surface area contributed by atoms with E-state index in [1.54, 1.807) is 0 Å². The van der Waals surface area contributed by atoms with Gasteiger partial charge in [-0.15, -0.1) is 0 Å². The fourth-order valence-corrected chi connectivity index (χ4v) is 11.5. The topological polar surface area (TPSA) is 35.2 Å². The largest absolute Gasteiger partial charge is 0.0561 e. The van der Waals surface area contributed by atoms with Gasteiger partial charge in [-0.25, -0.2) is 0 Å². The molecule has 3 heterocycles. The summed E-state index contributed by atoms with van der Waals surface area (Å²) in [6.45, 7) is 28.5. The Hall–Kier alpha value is -6.55. The van der Waals surface area contributed by atoms with E-state index in [0.717, 1.165) is 62.2 Å². The standard InChI is InChI=1S/C67H70N4O.Pt/c1-64(2,3)48-32-34-68-62(41-48)69-35-33-55(47-36-49(65(4,5)6)38-50(37-47)66(7,8)9)56-31-30-54(43-61(56)69)72-53-27-21-26-52(42-53)70-44-71(60-29-20-19-28-59(60)70)63-57(45-22-15-13-16-23-45)39-51(67(10,11)12)40-58(63)46-24-17-14-18-25-46;/h13-32,34,36-43,55H,33,35H2,1-12H3;. The number of hydrogen-bond donors (Lipinski definition) is 0. The van der Waals surface area contributed by atoms with Crippen molar-refractivity contribution in [3.8, 4) is 45.1 Å². The molecule has 5 nitrogen and oxygen atoms in total. The fourth-order valence-electron chi connectivity index (χ4n) is 10.4. The van der Waals surface area contributed by atoms with Crippen molar-refractivity contribution in [1.29, 1.82) is 0 Å². The van der Waals surface area contributed by atoms with Gasteiger partial charge in [0.2, 0.25) is 0 Å². The van der Waals surface area contributed by atoms with Crippen LogP contribution < -0.4 is 9.64 Å². The minimum Gasteiger partial charge on any atom is -0.0561 e. The van der Waals surface area contributed by atoms with Crippen molar-refractivity contribution in [2.75, 3.05) is 11.4 Å². The molecule has 0 spiro atoms. The number of benzene rings is 7. The summed E-state index contributed by atoms with van der Waals surface area (Å²) in [6.07, 6.45) is 2.94. The average Bonchev–Trinajstić information content (AvgIpc) is 3.66. The number of rotatable bonds is 8. The summed E-state index contributed by atoms with van der Waals surface area (Å²) < 4.78 is 12.9. The first-order chi connectivity index (χ1) is 34.6. The molecule has 2 aromatic heterocycles. The molecule has 0 fully saturated rings. The van der Waals surface area contributed by atoms with Crippen LogP contribution in [0.4, 0.5) is 11.5 Å². The number of hydrogen-bond acceptors (Lipinski definition) is 3. The van der Waals surface area contributed by atoms with Gasteiger partial charge in [-0.05, 0) is 39.0 Å². The fraction of sp³-hybridized carbons (Fsp3) is 0.284. The van der Waals surface area contributed by atoms with Gasteiger partial charge < -0.3 is 0 Å². The second-order valence-electron chi connectivity index (χ2n) is 24.1. The van der Waals surface area contributed by atoms with Crippen LogP contribution in [0.15, 0.2) is 176 Å². The molecular formula is C67H70N4OPt. The SMILES string of the molecule is CC(C)(C)c1cc(C2CCN(c3cc(C(C)(C)C)ccn3)c3cc(Oc4cccc(-n5[c](=[Pt])n(-c6c(-c7ccccc7)cc(C(C)(C)C)cc6-c6ccccc6)c6ccccc65)c4)ccc32)cc(C(C)(C)C)c1. The molecule has 0 amide bonds. The van der Waals surface area contributed by atoms with Gasteiger partial charge in [-0.2, -0.15) is 0 Å². The smallest absolute Gasteiger partial charge is 0.0132 e. The van der Waals surface area contributed by atoms with Crippen LogP contribution in [0, 0.1) is 3.80 Å². The van der Waals surface area contributed by atoms with Gasteiger partial charge in [0.1, 0.15) is 0 Å². The van der Waals surface area contributed by atoms with Crippen LogP contribution in [-0.4, -0.2) is 20.7 Å². The number of nitrogens with zero attached hydrogens (tertiary/aromatic N) is 4. The first kappa shape index (κ1) is 50.0. The average molecular weight is 1140 g/mol. The van der Waals surface area contributed by atoms with Crippen molar-refractivity contribution in [2.24, 2.45) is 0 Å². The van der Waals surface area contributed by atoms with Crippen LogP contribution in [0.1, 0.15) is 129 Å². The number of anilines is 2. The maximum Gasteiger partial charge on any atom is -0.0132 e. The molecule has 0 saturated heterocycles. The molecule has 1 aliphatic rings. The third kappa shape index (κ3) is 9.98. The van der Waals surface area contributed by atoms with E-state index in [0.29, 0.717) is 0 Å². The van der Waals surface area contributed by atoms with E-state index in [-0.39, 0.29) is 27.6 Å². The molecule has 0 aliphatic carbocycles. The Labute approximate surface area is 445 Å². The molecule has 73 heavy (non-hydrogen) atoms. The third-order valence-electron chi connectivity index (χ3n) is 14.7. The third-order valence-corrected chi connectivity index (χ3v) is 15.7. The zero-order chi connectivity index (χ0) is 51.6. The molecule has 0 bridgehead atoms. The van der Waals surface area contributed by atoms with E-state index in [9.17, 15) is 0 Å². The zero-order valence-corrected chi connectivity index (χ0v) is 47.0. The van der Waals surface area contributed by atoms with E-state index in [2.05, 4.69) is 286 Å². The number of ether oxygens (including phenoxy) is 1. The van der Waals surface area contributed by atoms with Gasteiger partial charge in [0, 0.05) is 6.20 Å². The van der Waals surface area contributed by atoms with Gasteiger partial charge in [0.05, 0.1) is 0 Å². The Morgan fingerprint density at radius 3 is 1.60 bits per heavy atom. The Morgan fingerprint density at radius 1 is 0.493 bits per heavy atom. The first-order valence-corrected chi connectivity index (χ1v) is 27.1. The molecule has 0 saturated carbocycles. The Bertz CT molecular complexity index is 3460. The number of para-hydroxylation sites is 2. The number of imidazole rings is 1. The van der Waals surface area contributed by atoms with Crippen LogP contribution in [0.25, 0.3) is 44.7 Å². The molecule has 7 aromatic carbocycles. The monoisotopic (exact) mass is 1140 g/mol. The van der Waals surface area contributed by atoms with E-state index >= 15 is 0 Å². The van der Waals surface area contributed by atoms with E-state index < -0.39 is 0 Å². The second kappa shape index (κ2) is 19.1. The molecule has 1 aliphatic heterocycles. The summed E-state index contributed by atoms with van der Waals surface area (Å²) in [6, 6.07) is 62.4. The number of aromatic nitrogens is 3. The quantitative estimate of drug-likeness (QED) is 0.152. The van der Waals surface area contributed by atoms with Crippen LogP contribution >= 0.6 is 0 Å². The van der Waals surface area contributed by atoms with Gasteiger partial charge in [0.25, 0.3) is 0 Å². The van der Waals surface area contributed by atoms with Crippen LogP contribution in [0.2, 0.25) is 0 Å². The molecule has 10 rings (SSSR count). The maximum absolute atomic E-state index is 7.01. The number of fused-ring (bicyclic) bond motifs is 2. The zero-order valence-electron chi connectivity index (χ0n) is 44.7. The van der Waals surface area contributed by atoms with Crippen molar-refractivity contribution < 1.29 is 24.1 Å². The molecule has 6 heteroatoms. The Balaban J connectivity index is 1.10. The molecule has 0 radical (unpaired) electrons. The molecular weight excluding hydrogens is 1070 g/mol. The van der Waals surface area contributed by atoms with Gasteiger partial charge >= 0.3 is 322 Å². The molecule has 0 N–H and O–H groups in total. The summed E-state index contributed by atoms with van der Waals surface area (Å²) in [5.41, 5.74) is 18.2. The van der Waals surface area contributed by atoms with Crippen molar-refractivity contribution in [3.05, 3.63) is 213 Å². The van der Waals surface area contributed by atoms with Crippen molar-refractivity contribution in [1.82, 2.24) is 14.1 Å². The normalized spacial score (nSPS) is 14.4. The van der Waals surface area contributed by atoms with Crippen LogP contribution in [-0.2, 0) is 41.0 Å². The molecule has 1 atom stereocenters. The van der Waals surface area contributed by atoms with Crippen molar-refractivity contribution in [3.63, 3.8) is 0 Å². The molecule has 9 aromatic rings. The predicted molar refractivity (Wildman–Crippen MR) is 302 cm³/mol. The summed E-state index contributed by atoms with van der Waals surface area (Å²) in [4.78, 5) is 7.44. The van der Waals surface area contributed by atoms with Crippen LogP contribution in [0.5, 0.6) is 11.5 Å². The summed E-state index contributed by atoms with van der Waals surface area (Å²) in [5.74, 6) is 2.73. The van der Waals surface area contributed by atoms with E-state index in [4.69, 9.17) is 9.72 Å². The van der Waals surface area contributed by atoms with E-state index in [1.807, 2.05) is 6.20 Å². The van der Waals surface area contributed by atoms with Gasteiger partial charge in [-0.3, -0.25) is 0 Å².